The number of ether oxygens (including phenoxy) is 1. The second-order valence-electron chi connectivity index (χ2n) is 6.27. The van der Waals surface area contributed by atoms with Crippen molar-refractivity contribution in [1.82, 2.24) is 5.32 Å². The van der Waals surface area contributed by atoms with Crippen LogP contribution in [0, 0.1) is 6.92 Å². The van der Waals surface area contributed by atoms with E-state index in [-0.39, 0.29) is 12.0 Å². The summed E-state index contributed by atoms with van der Waals surface area (Å²) >= 11 is 5.41. The third-order valence-corrected chi connectivity index (χ3v) is 4.29. The van der Waals surface area contributed by atoms with Crippen LogP contribution in [-0.4, -0.2) is 23.7 Å². The van der Waals surface area contributed by atoms with E-state index in [1.807, 2.05) is 25.1 Å². The topological polar surface area (TPSA) is 50.4 Å². The van der Waals surface area contributed by atoms with Crippen molar-refractivity contribution in [3.05, 3.63) is 65.2 Å². The number of hydrogen-bond acceptors (Lipinski definition) is 3. The van der Waals surface area contributed by atoms with Crippen LogP contribution in [0.2, 0.25) is 0 Å². The average molecular weight is 371 g/mol. The van der Waals surface area contributed by atoms with Gasteiger partial charge in [0, 0.05) is 11.7 Å². The molecule has 5 heteroatoms. The van der Waals surface area contributed by atoms with E-state index in [0.29, 0.717) is 17.3 Å². The molecule has 2 aromatic rings. The van der Waals surface area contributed by atoms with E-state index < -0.39 is 0 Å². The van der Waals surface area contributed by atoms with Crippen molar-refractivity contribution >= 4 is 29.0 Å². The van der Waals surface area contributed by atoms with E-state index in [4.69, 9.17) is 17.0 Å². The van der Waals surface area contributed by atoms with E-state index in [1.54, 1.807) is 13.0 Å². The highest BCUT2D eigenvalue weighted by Crippen LogP contribution is 2.17. The molecule has 2 N–H and O–H groups in total. The van der Waals surface area contributed by atoms with Gasteiger partial charge in [-0.1, -0.05) is 30.3 Å². The predicted octanol–water partition coefficient (Wildman–Crippen LogP) is 4.48. The predicted molar refractivity (Wildman–Crippen MR) is 111 cm³/mol. The number of carbonyl (C=O) groups excluding carboxylic acids is 1. The van der Waals surface area contributed by atoms with Gasteiger partial charge in [-0.3, -0.25) is 0 Å². The van der Waals surface area contributed by atoms with Crippen molar-refractivity contribution in [3.8, 4) is 0 Å². The van der Waals surface area contributed by atoms with Gasteiger partial charge in [-0.2, -0.15) is 0 Å². The molecule has 0 saturated heterocycles. The Bertz CT molecular complexity index is 747. The zero-order chi connectivity index (χ0) is 18.9. The third-order valence-electron chi connectivity index (χ3n) is 4.07. The summed E-state index contributed by atoms with van der Waals surface area (Å²) < 4.78 is 5.02. The number of hydrogen-bond donors (Lipinski definition) is 2. The lowest BCUT2D eigenvalue weighted by molar-refractivity contribution is 0.0526. The fourth-order valence-electron chi connectivity index (χ4n) is 2.63. The van der Waals surface area contributed by atoms with Gasteiger partial charge in [-0.25, -0.2) is 4.79 Å². The summed E-state index contributed by atoms with van der Waals surface area (Å²) in [5.74, 6) is -0.308. The number of rotatable bonds is 7. The minimum absolute atomic E-state index is 0.259. The number of thiocarbonyl (C=S) groups is 1. The van der Waals surface area contributed by atoms with E-state index in [9.17, 15) is 4.79 Å². The Hall–Kier alpha value is -2.40. The van der Waals surface area contributed by atoms with Crippen LogP contribution in [-0.2, 0) is 11.2 Å². The Labute approximate surface area is 161 Å². The van der Waals surface area contributed by atoms with E-state index >= 15 is 0 Å². The van der Waals surface area contributed by atoms with Gasteiger partial charge < -0.3 is 15.4 Å². The molecule has 26 heavy (non-hydrogen) atoms. The summed E-state index contributed by atoms with van der Waals surface area (Å²) in [5, 5.41) is 7.10. The minimum Gasteiger partial charge on any atom is -0.462 e. The number of carbonyl (C=O) groups is 1. The van der Waals surface area contributed by atoms with Crippen molar-refractivity contribution in [3.63, 3.8) is 0 Å². The van der Waals surface area contributed by atoms with Gasteiger partial charge in [0.05, 0.1) is 12.2 Å². The number of nitrogens with one attached hydrogen (secondary N) is 2. The lowest BCUT2D eigenvalue weighted by Gasteiger charge is -2.18. The van der Waals surface area contributed by atoms with E-state index in [0.717, 1.165) is 24.1 Å². The van der Waals surface area contributed by atoms with Crippen LogP contribution in [0.15, 0.2) is 48.5 Å². The number of anilines is 1. The van der Waals surface area contributed by atoms with Crippen LogP contribution in [0.3, 0.4) is 0 Å². The van der Waals surface area contributed by atoms with Crippen molar-refractivity contribution in [1.29, 1.82) is 0 Å². The molecule has 2 aromatic carbocycles. The molecular weight excluding hydrogens is 344 g/mol. The second-order valence-corrected chi connectivity index (χ2v) is 6.68. The van der Waals surface area contributed by atoms with Crippen LogP contribution in [0.4, 0.5) is 5.69 Å². The summed E-state index contributed by atoms with van der Waals surface area (Å²) in [6.45, 7) is 6.22. The average Bonchev–Trinajstić information content (AvgIpc) is 2.62. The molecule has 2 rings (SSSR count). The molecule has 0 fully saturated rings. The van der Waals surface area contributed by atoms with Gasteiger partial charge in [0.2, 0.25) is 0 Å². The third kappa shape index (κ3) is 6.15. The lowest BCUT2D eigenvalue weighted by Crippen LogP contribution is -2.36. The molecule has 0 bridgehead atoms. The van der Waals surface area contributed by atoms with Crippen molar-refractivity contribution in [2.75, 3.05) is 11.9 Å². The first-order chi connectivity index (χ1) is 12.5. The Balaban J connectivity index is 1.85. The summed E-state index contributed by atoms with van der Waals surface area (Å²) in [5.41, 5.74) is 3.69. The van der Waals surface area contributed by atoms with Gasteiger partial charge in [-0.15, -0.1) is 0 Å². The maximum atomic E-state index is 11.8. The summed E-state index contributed by atoms with van der Waals surface area (Å²) in [6, 6.07) is 16.1. The normalized spacial score (nSPS) is 11.5. The molecule has 4 nitrogen and oxygen atoms in total. The molecule has 0 aliphatic rings. The molecule has 0 aliphatic heterocycles. The maximum absolute atomic E-state index is 11.8. The molecule has 0 spiro atoms. The van der Waals surface area contributed by atoms with Crippen LogP contribution >= 0.6 is 12.2 Å². The van der Waals surface area contributed by atoms with Crippen LogP contribution < -0.4 is 10.6 Å². The van der Waals surface area contributed by atoms with Crippen LogP contribution in [0.1, 0.15) is 41.8 Å². The van der Waals surface area contributed by atoms with Gasteiger partial charge in [0.25, 0.3) is 0 Å². The zero-order valence-electron chi connectivity index (χ0n) is 15.5. The smallest absolute Gasteiger partial charge is 0.338 e. The van der Waals surface area contributed by atoms with E-state index in [1.165, 1.54) is 5.56 Å². The first-order valence-electron chi connectivity index (χ1n) is 8.88. The Morgan fingerprint density at radius 2 is 1.92 bits per heavy atom. The molecule has 0 heterocycles. The van der Waals surface area contributed by atoms with E-state index in [2.05, 4.69) is 41.8 Å². The van der Waals surface area contributed by atoms with Crippen molar-refractivity contribution < 1.29 is 9.53 Å². The monoisotopic (exact) mass is 370 g/mol. The Morgan fingerprint density at radius 3 is 2.58 bits per heavy atom. The molecule has 0 saturated carbocycles. The molecule has 1 atom stereocenters. The summed E-state index contributed by atoms with van der Waals surface area (Å²) in [7, 11) is 0. The maximum Gasteiger partial charge on any atom is 0.338 e. The van der Waals surface area contributed by atoms with Gasteiger partial charge >= 0.3 is 5.97 Å². The standard InChI is InChI=1S/C21H26N2O2S/c1-4-25-20(24)18-12-13-19(15(2)14-18)23-21(26)22-16(3)10-11-17-8-6-5-7-9-17/h5-9,12-14,16H,4,10-11H2,1-3H3,(H2,22,23,26)/t16-/m1/s1. The molecule has 138 valence electrons. The van der Waals surface area contributed by atoms with Gasteiger partial charge in [0.1, 0.15) is 0 Å². The van der Waals surface area contributed by atoms with Crippen LogP contribution in [0.5, 0.6) is 0 Å². The first kappa shape index (κ1) is 19.9. The number of benzene rings is 2. The second kappa shape index (κ2) is 9.92. The summed E-state index contributed by atoms with van der Waals surface area (Å²) in [6.07, 6.45) is 2.00. The highest BCUT2D eigenvalue weighted by Gasteiger charge is 2.10. The Morgan fingerprint density at radius 1 is 1.19 bits per heavy atom. The van der Waals surface area contributed by atoms with Crippen molar-refractivity contribution in [2.45, 2.75) is 39.7 Å². The molecule has 0 amide bonds. The van der Waals surface area contributed by atoms with Crippen LogP contribution in [0.25, 0.3) is 0 Å². The van der Waals surface area contributed by atoms with Gasteiger partial charge in [0.15, 0.2) is 5.11 Å². The van der Waals surface area contributed by atoms with Crippen molar-refractivity contribution in [2.24, 2.45) is 0 Å². The number of esters is 1. The minimum atomic E-state index is -0.308. The zero-order valence-corrected chi connectivity index (χ0v) is 16.4. The molecular formula is C21H26N2O2S. The molecule has 0 unspecified atom stereocenters. The lowest BCUT2D eigenvalue weighted by atomic mass is 10.1. The highest BCUT2D eigenvalue weighted by molar-refractivity contribution is 7.80. The molecule has 0 aliphatic carbocycles. The molecule has 0 aromatic heterocycles. The largest absolute Gasteiger partial charge is 0.462 e. The SMILES string of the molecule is CCOC(=O)c1ccc(NC(=S)N[C@H](C)CCc2ccccc2)c(C)c1. The fraction of sp³-hybridized carbons (Fsp3) is 0.333. The quantitative estimate of drug-likeness (QED) is 0.556. The van der Waals surface area contributed by atoms with Gasteiger partial charge in [-0.05, 0) is 75.2 Å². The number of aryl methyl sites for hydroxylation is 2. The Kier molecular flexibility index (Phi) is 7.60. The highest BCUT2D eigenvalue weighted by atomic mass is 32.1. The molecule has 0 radical (unpaired) electrons. The summed E-state index contributed by atoms with van der Waals surface area (Å²) in [4.78, 5) is 11.8. The fourth-order valence-corrected chi connectivity index (χ4v) is 2.94. The first-order valence-corrected chi connectivity index (χ1v) is 9.29.